The number of β-lactam (4-membered cyclic amide) rings is 1. The van der Waals surface area contributed by atoms with Crippen LogP contribution in [0.1, 0.15) is 94.4 Å². The number of hydrogen-bond donors (Lipinski definition) is 6. The maximum Gasteiger partial charge on any atom is 0.413 e. The van der Waals surface area contributed by atoms with Crippen LogP contribution in [0.4, 0.5) is 19.5 Å². The highest BCUT2D eigenvalue weighted by molar-refractivity contribution is 7.14. The van der Waals surface area contributed by atoms with Gasteiger partial charge in [-0.3, -0.25) is 14.9 Å². The van der Waals surface area contributed by atoms with Gasteiger partial charge in [-0.2, -0.15) is 0 Å². The van der Waals surface area contributed by atoms with Crippen LogP contribution in [0.2, 0.25) is 0 Å². The number of fused-ring (bicyclic) bond motifs is 3. The van der Waals surface area contributed by atoms with Gasteiger partial charge >= 0.3 is 24.2 Å². The Bertz CT molecular complexity index is 2790. The van der Waals surface area contributed by atoms with Crippen LogP contribution in [0.3, 0.4) is 0 Å². The van der Waals surface area contributed by atoms with Crippen LogP contribution >= 0.6 is 11.3 Å². The van der Waals surface area contributed by atoms with Crippen LogP contribution in [-0.4, -0.2) is 108 Å². The third-order valence-corrected chi connectivity index (χ3v) is 12.8. The Balaban J connectivity index is 0.935. The zero-order valence-corrected chi connectivity index (χ0v) is 42.7. The number of thiazole rings is 1. The summed E-state index contributed by atoms with van der Waals surface area (Å²) < 4.78 is 22.7. The van der Waals surface area contributed by atoms with Crippen molar-refractivity contribution in [1.29, 1.82) is 0 Å². The van der Waals surface area contributed by atoms with Gasteiger partial charge in [0, 0.05) is 43.8 Å². The Labute approximate surface area is 432 Å². The molecule has 6 N–H and O–H groups in total. The van der Waals surface area contributed by atoms with E-state index in [9.17, 15) is 28.8 Å². The van der Waals surface area contributed by atoms with Crippen molar-refractivity contribution in [2.75, 3.05) is 31.6 Å². The molecule has 2 fully saturated rings. The maximum atomic E-state index is 14.3. The van der Waals surface area contributed by atoms with Gasteiger partial charge in [-0.1, -0.05) is 114 Å². The average molecular weight is 1030 g/mol. The van der Waals surface area contributed by atoms with Gasteiger partial charge < -0.3 is 50.4 Å². The van der Waals surface area contributed by atoms with Gasteiger partial charge in [0.2, 0.25) is 11.5 Å². The molecule has 1 saturated heterocycles. The van der Waals surface area contributed by atoms with Crippen molar-refractivity contribution >= 4 is 58.2 Å². The molecule has 2 aliphatic carbocycles. The highest BCUT2D eigenvalue weighted by atomic mass is 32.1. The molecule has 0 radical (unpaired) electrons. The van der Waals surface area contributed by atoms with Crippen molar-refractivity contribution in [3.8, 4) is 11.1 Å². The van der Waals surface area contributed by atoms with E-state index < -0.39 is 77.1 Å². The largest absolute Gasteiger partial charge is 0.450 e. The number of hydrogen-bond acceptors (Lipinski definition) is 15. The number of esters is 1. The lowest BCUT2D eigenvalue weighted by atomic mass is 9.98. The van der Waals surface area contributed by atoms with Crippen molar-refractivity contribution in [1.82, 2.24) is 31.6 Å². The van der Waals surface area contributed by atoms with Crippen molar-refractivity contribution in [2.45, 2.75) is 101 Å². The lowest BCUT2D eigenvalue weighted by Gasteiger charge is -2.37. The summed E-state index contributed by atoms with van der Waals surface area (Å²) in [5.74, 6) is -2.23. The minimum atomic E-state index is -1.52. The van der Waals surface area contributed by atoms with Crippen LogP contribution in [0.5, 0.6) is 0 Å². The summed E-state index contributed by atoms with van der Waals surface area (Å²) in [5.41, 5.74) is 2.25. The quantitative estimate of drug-likeness (QED) is 0.0159. The van der Waals surface area contributed by atoms with Crippen LogP contribution in [0, 0.1) is 0 Å². The number of ether oxygens (including phenoxy) is 4. The third-order valence-electron chi connectivity index (χ3n) is 12.0. The Morgan fingerprint density at radius 3 is 1.93 bits per heavy atom. The minimum Gasteiger partial charge on any atom is -0.450 e. The number of aromatic nitrogens is 1. The molecule has 5 amide bonds. The highest BCUT2D eigenvalue weighted by Crippen LogP contribution is 2.45. The summed E-state index contributed by atoms with van der Waals surface area (Å²) in [6.45, 7) is 10.5. The SMILES string of the molecule is CC(C)(C)OC(=O)NC[C@H](CNC[C@H]1NC(=O)[C@H]1NC(=O)/C(=N\OC1(C(=O)OC(c2ccccc2)c2ccccc2)CC1)c1csc(NC(=O)OC(C)(C)C)n1)NC(=O)OCC1c2ccccc2-c2ccccc21. The summed E-state index contributed by atoms with van der Waals surface area (Å²) in [6, 6.07) is 32.0. The monoisotopic (exact) mass is 1030 g/mol. The van der Waals surface area contributed by atoms with Gasteiger partial charge in [0.1, 0.15) is 29.5 Å². The molecule has 3 atom stereocenters. The standard InChI is InChI=1S/C54H60N8O11S/c1-52(2,3)71-49(66)56-28-34(57-50(67)69-30-39-37-23-15-13-21-35(37)36-22-14-16-24-38(36)39)27-55-29-40-42(45(63)58-40)60-46(64)43(41-31-74-48(59-41)61-51(68)72-53(4,5)6)62-73-54(25-26-54)47(65)70-44(32-17-9-7-10-18-32)33-19-11-8-12-20-33/h7-24,31,34,39-40,42,44,55H,25-30H2,1-6H3,(H,56,66)(H,57,67)(H,58,63)(H,60,64)(H,59,61,68)/b62-43-/t34-,40+,42-/m0/s1. The van der Waals surface area contributed by atoms with Crippen LogP contribution in [-0.2, 0) is 38.2 Å². The highest BCUT2D eigenvalue weighted by Gasteiger charge is 2.56. The zero-order chi connectivity index (χ0) is 52.6. The molecule has 4 aromatic carbocycles. The second-order valence-electron chi connectivity index (χ2n) is 20.1. The number of alkyl carbamates (subject to hydrolysis) is 2. The molecule has 0 spiro atoms. The molecule has 1 aliphatic heterocycles. The van der Waals surface area contributed by atoms with E-state index in [0.29, 0.717) is 0 Å². The summed E-state index contributed by atoms with van der Waals surface area (Å²) in [4.78, 5) is 90.4. The first-order valence-corrected chi connectivity index (χ1v) is 25.2. The molecule has 1 aromatic heterocycles. The number of rotatable bonds is 19. The Hall–Kier alpha value is -7.84. The van der Waals surface area contributed by atoms with E-state index in [2.05, 4.69) is 42.0 Å². The number of amides is 5. The van der Waals surface area contributed by atoms with Gasteiger partial charge in [0.05, 0.1) is 12.1 Å². The predicted octanol–water partition coefficient (Wildman–Crippen LogP) is 7.08. The van der Waals surface area contributed by atoms with Crippen LogP contribution < -0.4 is 31.9 Å². The van der Waals surface area contributed by atoms with Gasteiger partial charge in [-0.15, -0.1) is 11.3 Å². The number of nitrogens with zero attached hydrogens (tertiary/aromatic N) is 2. The molecule has 1 saturated carbocycles. The Morgan fingerprint density at radius 1 is 0.770 bits per heavy atom. The topological polar surface area (TPSA) is 246 Å². The molecule has 3 aliphatic rings. The van der Waals surface area contributed by atoms with Gasteiger partial charge in [0.15, 0.2) is 16.9 Å². The van der Waals surface area contributed by atoms with Crippen molar-refractivity contribution in [3.05, 3.63) is 143 Å². The maximum absolute atomic E-state index is 14.3. The van der Waals surface area contributed by atoms with E-state index in [0.717, 1.165) is 44.7 Å². The molecule has 0 unspecified atom stereocenters. The first-order valence-electron chi connectivity index (χ1n) is 24.3. The van der Waals surface area contributed by atoms with Gasteiger partial charge in [-0.05, 0) is 74.9 Å². The zero-order valence-electron chi connectivity index (χ0n) is 41.9. The van der Waals surface area contributed by atoms with E-state index in [4.69, 9.17) is 23.8 Å². The molecule has 0 bridgehead atoms. The summed E-state index contributed by atoms with van der Waals surface area (Å²) in [6.07, 6.45) is -2.45. The predicted molar refractivity (Wildman–Crippen MR) is 275 cm³/mol. The molecular weight excluding hydrogens is 969 g/mol. The number of nitrogens with one attached hydrogen (secondary N) is 6. The summed E-state index contributed by atoms with van der Waals surface area (Å²) in [7, 11) is 0. The first kappa shape index (κ1) is 52.5. The van der Waals surface area contributed by atoms with Crippen LogP contribution in [0.25, 0.3) is 11.1 Å². The van der Waals surface area contributed by atoms with Crippen LogP contribution in [0.15, 0.2) is 120 Å². The lowest BCUT2D eigenvalue weighted by molar-refractivity contribution is -0.164. The second kappa shape index (κ2) is 22.5. The molecule has 5 aromatic rings. The molecule has 19 nitrogen and oxygen atoms in total. The number of oxime groups is 1. The fourth-order valence-corrected chi connectivity index (χ4v) is 9.00. The van der Waals surface area contributed by atoms with E-state index in [1.165, 1.54) is 5.38 Å². The fourth-order valence-electron chi connectivity index (χ4n) is 8.31. The van der Waals surface area contributed by atoms with Gasteiger partial charge in [-0.25, -0.2) is 24.2 Å². The molecule has 8 rings (SSSR count). The fraction of sp³-hybridized carbons (Fsp3) is 0.370. The van der Waals surface area contributed by atoms with Crippen molar-refractivity contribution in [3.63, 3.8) is 0 Å². The summed E-state index contributed by atoms with van der Waals surface area (Å²) >= 11 is 0.985. The van der Waals surface area contributed by atoms with Crippen molar-refractivity contribution < 1.29 is 52.6 Å². The third kappa shape index (κ3) is 13.4. The molecular formula is C54H60N8O11S. The van der Waals surface area contributed by atoms with E-state index in [-0.39, 0.29) is 61.5 Å². The van der Waals surface area contributed by atoms with E-state index >= 15 is 0 Å². The minimum absolute atomic E-state index is 0.0248. The number of anilines is 1. The Morgan fingerprint density at radius 2 is 1.35 bits per heavy atom. The number of carbonyl (C=O) groups is 6. The molecule has 388 valence electrons. The average Bonchev–Trinajstić information content (AvgIpc) is 3.91. The smallest absolute Gasteiger partial charge is 0.413 e. The molecule has 20 heteroatoms. The molecule has 74 heavy (non-hydrogen) atoms. The normalized spacial score (nSPS) is 17.0. The Kier molecular flexibility index (Phi) is 16.0. The number of carbonyl (C=O) groups excluding carboxylic acids is 6. The lowest BCUT2D eigenvalue weighted by Crippen LogP contribution is -2.72. The molecule has 2 heterocycles. The number of benzene rings is 4. The first-order chi connectivity index (χ1) is 35.3. The van der Waals surface area contributed by atoms with Crippen molar-refractivity contribution in [2.24, 2.45) is 5.16 Å². The summed E-state index contributed by atoms with van der Waals surface area (Å²) in [5, 5.41) is 22.5. The van der Waals surface area contributed by atoms with E-state index in [1.54, 1.807) is 41.5 Å². The van der Waals surface area contributed by atoms with E-state index in [1.807, 2.05) is 109 Å². The second-order valence-corrected chi connectivity index (χ2v) is 20.9. The van der Waals surface area contributed by atoms with Gasteiger partial charge in [0.25, 0.3) is 5.91 Å².